The Labute approximate surface area is 332 Å². The Morgan fingerprint density at radius 3 is 1.68 bits per heavy atom. The highest BCUT2D eigenvalue weighted by molar-refractivity contribution is 6.23. The predicted octanol–water partition coefficient (Wildman–Crippen LogP) is 9.73. The van der Waals surface area contributed by atoms with E-state index in [1.54, 1.807) is 48.5 Å². The molecule has 0 fully saturated rings. The molecular formula is C47H48O10. The first-order valence-corrected chi connectivity index (χ1v) is 19.5. The summed E-state index contributed by atoms with van der Waals surface area (Å²) < 4.78 is 27.5. The van der Waals surface area contributed by atoms with Gasteiger partial charge in [0.2, 0.25) is 0 Å². The number of hydrogen-bond donors (Lipinski definition) is 1. The van der Waals surface area contributed by atoms with Gasteiger partial charge in [0.25, 0.3) is 0 Å². The van der Waals surface area contributed by atoms with Gasteiger partial charge in [0, 0.05) is 12.8 Å². The maximum Gasteiger partial charge on any atom is 0.343 e. The number of aryl methyl sites for hydroxylation is 1. The van der Waals surface area contributed by atoms with Crippen LogP contribution in [0.25, 0.3) is 32.3 Å². The molecule has 57 heavy (non-hydrogen) atoms. The summed E-state index contributed by atoms with van der Waals surface area (Å²) >= 11 is 0. The summed E-state index contributed by atoms with van der Waals surface area (Å²) in [6.45, 7) is 3.60. The van der Waals surface area contributed by atoms with Crippen molar-refractivity contribution < 1.29 is 48.0 Å². The first-order chi connectivity index (χ1) is 27.6. The van der Waals surface area contributed by atoms with Crippen LogP contribution in [-0.2, 0) is 30.3 Å². The van der Waals surface area contributed by atoms with E-state index >= 15 is 0 Å². The van der Waals surface area contributed by atoms with Gasteiger partial charge in [-0.3, -0.25) is 14.4 Å². The fraction of sp³-hybridized carbons (Fsp3) is 0.319. The third-order valence-electron chi connectivity index (χ3n) is 9.92. The highest BCUT2D eigenvalue weighted by Gasteiger charge is 2.37. The number of rotatable bonds is 21. The van der Waals surface area contributed by atoms with Gasteiger partial charge in [-0.1, -0.05) is 67.9 Å². The van der Waals surface area contributed by atoms with Crippen molar-refractivity contribution in [2.75, 3.05) is 26.4 Å². The molecule has 0 amide bonds. The van der Waals surface area contributed by atoms with Crippen LogP contribution in [-0.4, -0.2) is 55.4 Å². The van der Waals surface area contributed by atoms with Crippen molar-refractivity contribution in [1.82, 2.24) is 0 Å². The molecule has 10 nitrogen and oxygen atoms in total. The summed E-state index contributed by atoms with van der Waals surface area (Å²) in [7, 11) is 0. The highest BCUT2D eigenvalue weighted by atomic mass is 16.6. The van der Waals surface area contributed by atoms with E-state index in [2.05, 4.69) is 61.5 Å². The number of carbonyl (C=O) groups is 4. The van der Waals surface area contributed by atoms with Gasteiger partial charge in [0.05, 0.1) is 18.8 Å². The monoisotopic (exact) mass is 772 g/mol. The zero-order valence-corrected chi connectivity index (χ0v) is 32.4. The second-order valence-corrected chi connectivity index (χ2v) is 14.6. The molecule has 1 N–H and O–H groups in total. The Kier molecular flexibility index (Phi) is 13.6. The van der Waals surface area contributed by atoms with E-state index in [0.29, 0.717) is 61.7 Å². The molecule has 296 valence electrons. The predicted molar refractivity (Wildman–Crippen MR) is 218 cm³/mol. The third kappa shape index (κ3) is 10.8. The summed E-state index contributed by atoms with van der Waals surface area (Å²) in [5.74, 6) is -1.11. The van der Waals surface area contributed by atoms with Crippen LogP contribution in [0.2, 0.25) is 0 Å². The molecule has 0 saturated heterocycles. The second kappa shape index (κ2) is 19.1. The van der Waals surface area contributed by atoms with Gasteiger partial charge in [-0.15, -0.1) is 0 Å². The lowest BCUT2D eigenvalue weighted by atomic mass is 9.92. The van der Waals surface area contributed by atoms with Gasteiger partial charge in [-0.2, -0.15) is 0 Å². The molecule has 0 aliphatic rings. The van der Waals surface area contributed by atoms with Crippen molar-refractivity contribution in [1.29, 1.82) is 0 Å². The Hall–Kier alpha value is -6.16. The van der Waals surface area contributed by atoms with Crippen LogP contribution in [0.15, 0.2) is 103 Å². The number of hydrogen-bond acceptors (Lipinski definition) is 9. The Morgan fingerprint density at radius 2 is 1.11 bits per heavy atom. The lowest BCUT2D eigenvalue weighted by Gasteiger charge is -2.24. The lowest BCUT2D eigenvalue weighted by molar-refractivity contribution is -0.165. The summed E-state index contributed by atoms with van der Waals surface area (Å²) in [4.78, 5) is 49.7. The Morgan fingerprint density at radius 1 is 0.596 bits per heavy atom. The van der Waals surface area contributed by atoms with Crippen LogP contribution in [0.1, 0.15) is 74.7 Å². The van der Waals surface area contributed by atoms with E-state index in [0.717, 1.165) is 29.2 Å². The van der Waals surface area contributed by atoms with Crippen LogP contribution in [0.4, 0.5) is 0 Å². The summed E-state index contributed by atoms with van der Waals surface area (Å²) in [6, 6.07) is 32.6. The minimum atomic E-state index is -1.59. The lowest BCUT2D eigenvalue weighted by Crippen LogP contribution is -2.39. The molecule has 6 rings (SSSR count). The van der Waals surface area contributed by atoms with Crippen molar-refractivity contribution in [3.63, 3.8) is 0 Å². The van der Waals surface area contributed by atoms with E-state index in [1.165, 1.54) is 28.5 Å². The topological polar surface area (TPSA) is 135 Å². The molecule has 0 aliphatic heterocycles. The average Bonchev–Trinajstić information content (AvgIpc) is 3.22. The normalized spacial score (nSPS) is 12.3. The van der Waals surface area contributed by atoms with E-state index in [4.69, 9.17) is 23.7 Å². The zero-order valence-electron chi connectivity index (χ0n) is 32.4. The number of esters is 3. The minimum absolute atomic E-state index is 0.0727. The standard InChI is InChI=1S/C47H48O10/c1-3-4-26-53-38-20-18-35(19-21-38)45(50)57-40-24-22-39(23-25-40)54-27-6-5-12-41(48)55-30-47(2,46(51)52)31-56-42(49)13-7-9-32-28-36-16-14-33-10-8-11-34-15-17-37(29-32)44(36)43(33)34/h8,10-11,14-25,28-29H,3-7,9,12-13,26-27,30-31H2,1-2H3,(H,51,52). The van der Waals surface area contributed by atoms with Crippen molar-refractivity contribution in [2.45, 2.75) is 65.2 Å². The molecule has 0 saturated carbocycles. The summed E-state index contributed by atoms with van der Waals surface area (Å²) in [5.41, 5.74) is -0.0632. The molecule has 0 radical (unpaired) electrons. The van der Waals surface area contributed by atoms with Gasteiger partial charge in [0.1, 0.15) is 35.9 Å². The smallest absolute Gasteiger partial charge is 0.343 e. The summed E-state index contributed by atoms with van der Waals surface area (Å²) in [6.07, 6.45) is 4.43. The van der Waals surface area contributed by atoms with Crippen LogP contribution in [0.3, 0.4) is 0 Å². The van der Waals surface area contributed by atoms with Crippen LogP contribution >= 0.6 is 0 Å². The molecule has 0 spiro atoms. The van der Waals surface area contributed by atoms with Gasteiger partial charge in [0.15, 0.2) is 0 Å². The van der Waals surface area contributed by atoms with Gasteiger partial charge in [-0.25, -0.2) is 4.79 Å². The third-order valence-corrected chi connectivity index (χ3v) is 9.92. The number of carboxylic acids is 1. The number of carboxylic acid groups (broad SMARTS) is 1. The van der Waals surface area contributed by atoms with Crippen molar-refractivity contribution in [2.24, 2.45) is 5.41 Å². The number of benzene rings is 6. The first-order valence-electron chi connectivity index (χ1n) is 19.5. The van der Waals surface area contributed by atoms with Gasteiger partial charge >= 0.3 is 23.9 Å². The maximum absolute atomic E-state index is 12.6. The van der Waals surface area contributed by atoms with E-state index < -0.39 is 42.5 Å². The molecule has 0 heterocycles. The van der Waals surface area contributed by atoms with Crippen molar-refractivity contribution >= 4 is 56.2 Å². The molecule has 0 aliphatic carbocycles. The van der Waals surface area contributed by atoms with Crippen molar-refractivity contribution in [3.8, 4) is 17.2 Å². The Balaban J connectivity index is 0.857. The molecule has 1 atom stereocenters. The SMILES string of the molecule is CCCCOc1ccc(C(=O)Oc2ccc(OCCCCC(=O)OCC(C)(COC(=O)CCCc3cc4ccc5cccc6ccc(c3)c4c56)C(=O)O)cc2)cc1. The zero-order chi connectivity index (χ0) is 40.2. The fourth-order valence-corrected chi connectivity index (χ4v) is 6.54. The fourth-order valence-electron chi connectivity index (χ4n) is 6.54. The van der Waals surface area contributed by atoms with Crippen LogP contribution < -0.4 is 14.2 Å². The molecule has 6 aromatic carbocycles. The minimum Gasteiger partial charge on any atom is -0.494 e. The van der Waals surface area contributed by atoms with E-state index in [9.17, 15) is 24.3 Å². The molecule has 10 heteroatoms. The average molecular weight is 773 g/mol. The number of carbonyl (C=O) groups excluding carboxylic acids is 3. The number of unbranched alkanes of at least 4 members (excludes halogenated alkanes) is 2. The molecule has 6 aromatic rings. The van der Waals surface area contributed by atoms with Gasteiger partial charge in [-0.05, 0) is 125 Å². The molecule has 1 unspecified atom stereocenters. The van der Waals surface area contributed by atoms with Gasteiger partial charge < -0.3 is 28.8 Å². The number of aliphatic carboxylic acids is 1. The maximum atomic E-state index is 12.6. The quantitative estimate of drug-likeness (QED) is 0.0326. The van der Waals surface area contributed by atoms with Crippen LogP contribution in [0.5, 0.6) is 17.2 Å². The second-order valence-electron chi connectivity index (χ2n) is 14.6. The van der Waals surface area contributed by atoms with E-state index in [-0.39, 0.29) is 12.8 Å². The molecule has 0 aromatic heterocycles. The molecule has 0 bridgehead atoms. The number of ether oxygens (including phenoxy) is 5. The van der Waals surface area contributed by atoms with Crippen molar-refractivity contribution in [3.05, 3.63) is 114 Å². The Bertz CT molecular complexity index is 2230. The largest absolute Gasteiger partial charge is 0.494 e. The highest BCUT2D eigenvalue weighted by Crippen LogP contribution is 2.35. The first kappa shape index (κ1) is 40.5. The summed E-state index contributed by atoms with van der Waals surface area (Å²) in [5, 5.41) is 17.1. The van der Waals surface area contributed by atoms with Crippen LogP contribution in [0, 0.1) is 5.41 Å². The van der Waals surface area contributed by atoms with E-state index in [1.807, 2.05) is 0 Å². The molecular weight excluding hydrogens is 725 g/mol.